The van der Waals surface area contributed by atoms with E-state index >= 15 is 0 Å². The number of amides is 2. The molecule has 2 aliphatic rings. The van der Waals surface area contributed by atoms with Crippen LogP contribution in [-0.2, 0) is 14.3 Å². The summed E-state index contributed by atoms with van der Waals surface area (Å²) in [7, 11) is 0. The summed E-state index contributed by atoms with van der Waals surface area (Å²) in [4.78, 5) is 25.3. The normalized spacial score (nSPS) is 33.1. The van der Waals surface area contributed by atoms with E-state index in [2.05, 4.69) is 0 Å². The highest BCUT2D eigenvalue weighted by atomic mass is 16.5. The molecule has 0 aromatic heterocycles. The zero-order valence-corrected chi connectivity index (χ0v) is 9.60. The van der Waals surface area contributed by atoms with Crippen molar-refractivity contribution in [3.05, 3.63) is 0 Å². The predicted octanol–water partition coefficient (Wildman–Crippen LogP) is 0.0638. The lowest BCUT2D eigenvalue weighted by Crippen LogP contribution is -2.62. The third kappa shape index (κ3) is 1.46. The van der Waals surface area contributed by atoms with E-state index < -0.39 is 17.7 Å². The number of ether oxygens (including phenoxy) is 1. The fraction of sp³-hybridized carbons (Fsp3) is 0.818. The number of morpholine rings is 1. The van der Waals surface area contributed by atoms with Crippen molar-refractivity contribution in [1.29, 1.82) is 0 Å². The highest BCUT2D eigenvalue weighted by Gasteiger charge is 2.51. The number of carbonyl (C=O) groups is 2. The minimum absolute atomic E-state index is 0.208. The Labute approximate surface area is 94.4 Å². The van der Waals surface area contributed by atoms with Crippen LogP contribution in [0.3, 0.4) is 0 Å². The van der Waals surface area contributed by atoms with Crippen molar-refractivity contribution in [2.24, 2.45) is 0 Å². The molecule has 1 N–H and O–H groups in total. The fourth-order valence-corrected chi connectivity index (χ4v) is 2.27. The van der Waals surface area contributed by atoms with Crippen molar-refractivity contribution in [3.63, 3.8) is 0 Å². The Morgan fingerprint density at radius 3 is 2.25 bits per heavy atom. The van der Waals surface area contributed by atoms with Gasteiger partial charge in [-0.3, -0.25) is 14.5 Å². The number of hydrogen-bond donors (Lipinski definition) is 1. The minimum Gasteiger partial charge on any atom is -0.394 e. The van der Waals surface area contributed by atoms with Crippen LogP contribution in [0.5, 0.6) is 0 Å². The summed E-state index contributed by atoms with van der Waals surface area (Å²) < 4.78 is 5.31. The Kier molecular flexibility index (Phi) is 2.75. The van der Waals surface area contributed by atoms with Gasteiger partial charge in [-0.1, -0.05) is 6.92 Å². The van der Waals surface area contributed by atoms with Crippen LogP contribution in [0.15, 0.2) is 0 Å². The monoisotopic (exact) mass is 227 g/mol. The van der Waals surface area contributed by atoms with Crippen molar-refractivity contribution in [3.8, 4) is 0 Å². The second-order valence-electron chi connectivity index (χ2n) is 4.71. The van der Waals surface area contributed by atoms with Crippen molar-refractivity contribution in [2.75, 3.05) is 6.61 Å². The van der Waals surface area contributed by atoms with Gasteiger partial charge in [0.1, 0.15) is 12.2 Å². The molecule has 2 amide bonds. The third-order valence-corrected chi connectivity index (χ3v) is 3.65. The van der Waals surface area contributed by atoms with E-state index in [0.717, 1.165) is 0 Å². The molecule has 0 spiro atoms. The first-order valence-corrected chi connectivity index (χ1v) is 5.67. The molecule has 5 heteroatoms. The maximum atomic E-state index is 12.0. The van der Waals surface area contributed by atoms with Crippen LogP contribution >= 0.6 is 0 Å². The van der Waals surface area contributed by atoms with Crippen LogP contribution in [0.25, 0.3) is 0 Å². The molecule has 2 saturated heterocycles. The van der Waals surface area contributed by atoms with Crippen LogP contribution in [-0.4, -0.2) is 46.2 Å². The zero-order valence-electron chi connectivity index (χ0n) is 9.60. The molecule has 90 valence electrons. The van der Waals surface area contributed by atoms with Gasteiger partial charge in [0.25, 0.3) is 11.8 Å². The Morgan fingerprint density at radius 2 is 1.88 bits per heavy atom. The van der Waals surface area contributed by atoms with E-state index in [1.165, 1.54) is 4.90 Å². The lowest BCUT2D eigenvalue weighted by Gasteiger charge is -2.42. The third-order valence-electron chi connectivity index (χ3n) is 3.65. The van der Waals surface area contributed by atoms with Crippen LogP contribution < -0.4 is 0 Å². The molecule has 3 unspecified atom stereocenters. The summed E-state index contributed by atoms with van der Waals surface area (Å²) in [5.41, 5.74) is -0.793. The molecule has 0 aromatic carbocycles. The first kappa shape index (κ1) is 11.5. The standard InChI is InChI=1S/C11H17NO4/c1-3-11(2,6-13)12-9(14)7-4-5-8(16-7)10(12)15/h7-8,13H,3-6H2,1-2H3. The maximum absolute atomic E-state index is 12.0. The van der Waals surface area contributed by atoms with E-state index in [-0.39, 0.29) is 18.4 Å². The molecule has 3 atom stereocenters. The maximum Gasteiger partial charge on any atom is 0.259 e. The van der Waals surface area contributed by atoms with Gasteiger partial charge < -0.3 is 9.84 Å². The highest BCUT2D eigenvalue weighted by molar-refractivity contribution is 6.03. The van der Waals surface area contributed by atoms with Gasteiger partial charge in [-0.05, 0) is 26.2 Å². The molecule has 2 bridgehead atoms. The lowest BCUT2D eigenvalue weighted by molar-refractivity contribution is -0.178. The number of hydrogen-bond acceptors (Lipinski definition) is 4. The summed E-state index contributed by atoms with van der Waals surface area (Å²) >= 11 is 0. The van der Waals surface area contributed by atoms with Gasteiger partial charge in [-0.2, -0.15) is 0 Å². The average Bonchev–Trinajstić information content (AvgIpc) is 2.73. The Balaban J connectivity index is 2.32. The molecule has 2 heterocycles. The number of aliphatic hydroxyl groups is 1. The summed E-state index contributed by atoms with van der Waals surface area (Å²) in [5, 5.41) is 9.38. The Bertz CT molecular complexity index is 302. The van der Waals surface area contributed by atoms with Crippen LogP contribution in [0.1, 0.15) is 33.1 Å². The lowest BCUT2D eigenvalue weighted by atomic mass is 9.96. The summed E-state index contributed by atoms with van der Waals surface area (Å²) in [6.45, 7) is 3.38. The molecule has 16 heavy (non-hydrogen) atoms. The van der Waals surface area contributed by atoms with E-state index in [4.69, 9.17) is 4.74 Å². The molecule has 5 nitrogen and oxygen atoms in total. The molecule has 0 radical (unpaired) electrons. The number of fused-ring (bicyclic) bond motifs is 2. The van der Waals surface area contributed by atoms with Crippen molar-refractivity contribution in [1.82, 2.24) is 4.90 Å². The van der Waals surface area contributed by atoms with Gasteiger partial charge in [0, 0.05) is 0 Å². The minimum atomic E-state index is -0.793. The first-order chi connectivity index (χ1) is 7.53. The molecule has 2 fully saturated rings. The van der Waals surface area contributed by atoms with E-state index in [1.807, 2.05) is 6.92 Å². The molecular weight excluding hydrogens is 210 g/mol. The summed E-state index contributed by atoms with van der Waals surface area (Å²) in [6, 6.07) is 0. The molecule has 2 rings (SSSR count). The number of likely N-dealkylation sites (tertiary alicyclic amines) is 1. The van der Waals surface area contributed by atoms with Gasteiger partial charge in [-0.25, -0.2) is 0 Å². The summed E-state index contributed by atoms with van der Waals surface area (Å²) in [6.07, 6.45) is 0.786. The van der Waals surface area contributed by atoms with Gasteiger partial charge in [0.2, 0.25) is 0 Å². The molecule has 0 saturated carbocycles. The number of imide groups is 1. The molecule has 2 aliphatic heterocycles. The second-order valence-corrected chi connectivity index (χ2v) is 4.71. The van der Waals surface area contributed by atoms with Gasteiger partial charge in [-0.15, -0.1) is 0 Å². The number of nitrogens with zero attached hydrogens (tertiary/aromatic N) is 1. The zero-order chi connectivity index (χ0) is 11.9. The van der Waals surface area contributed by atoms with E-state index in [9.17, 15) is 14.7 Å². The summed E-state index contributed by atoms with van der Waals surface area (Å²) in [5.74, 6) is -0.589. The van der Waals surface area contributed by atoms with Crippen molar-refractivity contribution < 1.29 is 19.4 Å². The highest BCUT2D eigenvalue weighted by Crippen LogP contribution is 2.33. The second kappa shape index (κ2) is 3.82. The smallest absolute Gasteiger partial charge is 0.259 e. The van der Waals surface area contributed by atoms with Crippen LogP contribution in [0.4, 0.5) is 0 Å². The fourth-order valence-electron chi connectivity index (χ4n) is 2.27. The SMILES string of the molecule is CCC(C)(CO)N1C(=O)C2CCC(O2)C1=O. The number of aliphatic hydroxyl groups excluding tert-OH is 1. The first-order valence-electron chi connectivity index (χ1n) is 5.67. The van der Waals surface area contributed by atoms with Gasteiger partial charge >= 0.3 is 0 Å². The number of rotatable bonds is 3. The molecule has 0 aliphatic carbocycles. The van der Waals surface area contributed by atoms with E-state index in [1.54, 1.807) is 6.92 Å². The Hall–Kier alpha value is -0.940. The van der Waals surface area contributed by atoms with Crippen molar-refractivity contribution >= 4 is 11.8 Å². The van der Waals surface area contributed by atoms with E-state index in [0.29, 0.717) is 19.3 Å². The van der Waals surface area contributed by atoms with Crippen LogP contribution in [0, 0.1) is 0 Å². The molecule has 0 aromatic rings. The largest absolute Gasteiger partial charge is 0.394 e. The van der Waals surface area contributed by atoms with Gasteiger partial charge in [0.05, 0.1) is 12.1 Å². The quantitative estimate of drug-likeness (QED) is 0.692. The topological polar surface area (TPSA) is 66.8 Å². The van der Waals surface area contributed by atoms with Crippen molar-refractivity contribution in [2.45, 2.75) is 50.9 Å². The average molecular weight is 227 g/mol. The number of carbonyl (C=O) groups excluding carboxylic acids is 2. The van der Waals surface area contributed by atoms with Crippen LogP contribution in [0.2, 0.25) is 0 Å². The van der Waals surface area contributed by atoms with Gasteiger partial charge in [0.15, 0.2) is 0 Å². The molecular formula is C11H17NO4. The Morgan fingerprint density at radius 1 is 1.38 bits per heavy atom. The predicted molar refractivity (Wildman–Crippen MR) is 55.5 cm³/mol.